The lowest BCUT2D eigenvalue weighted by Crippen LogP contribution is -2.32. The van der Waals surface area contributed by atoms with Crippen LogP contribution in [0.3, 0.4) is 0 Å². The van der Waals surface area contributed by atoms with Crippen LogP contribution < -0.4 is 0 Å². The summed E-state index contributed by atoms with van der Waals surface area (Å²) >= 11 is 0. The topological polar surface area (TPSA) is 76.3 Å². The van der Waals surface area contributed by atoms with Crippen molar-refractivity contribution in [2.45, 2.75) is 58.4 Å². The average molecular weight is 426 g/mol. The predicted octanol–water partition coefficient (Wildman–Crippen LogP) is 4.80. The SMILES string of the molecule is Cc1cccc(-c2noc([C@H]3CCCN3S(=O)(=O)c3c(C)c(C)cc(C)c3C)n2)c1. The van der Waals surface area contributed by atoms with E-state index in [-0.39, 0.29) is 0 Å². The molecule has 0 bridgehead atoms. The lowest BCUT2D eigenvalue weighted by Gasteiger charge is -2.25. The molecule has 1 aliphatic rings. The van der Waals surface area contributed by atoms with Crippen LogP contribution in [0.15, 0.2) is 39.8 Å². The normalized spacial score (nSPS) is 17.6. The molecule has 0 unspecified atom stereocenters. The van der Waals surface area contributed by atoms with Crippen LogP contribution in [0.2, 0.25) is 0 Å². The Morgan fingerprint density at radius 2 is 1.73 bits per heavy atom. The van der Waals surface area contributed by atoms with E-state index in [1.807, 2.05) is 65.0 Å². The van der Waals surface area contributed by atoms with Gasteiger partial charge in [-0.1, -0.05) is 35.0 Å². The maximum atomic E-state index is 13.7. The molecule has 1 aliphatic heterocycles. The molecule has 3 aromatic rings. The van der Waals surface area contributed by atoms with Crippen molar-refractivity contribution in [1.29, 1.82) is 0 Å². The van der Waals surface area contributed by atoms with Gasteiger partial charge >= 0.3 is 0 Å². The highest BCUT2D eigenvalue weighted by Crippen LogP contribution is 2.39. The quantitative estimate of drug-likeness (QED) is 0.600. The summed E-state index contributed by atoms with van der Waals surface area (Å²) in [6, 6.07) is 9.45. The Morgan fingerprint density at radius 1 is 1.03 bits per heavy atom. The van der Waals surface area contributed by atoms with Crippen LogP contribution in [0.25, 0.3) is 11.4 Å². The van der Waals surface area contributed by atoms with Gasteiger partial charge < -0.3 is 4.52 Å². The van der Waals surface area contributed by atoms with Gasteiger partial charge in [-0.05, 0) is 75.8 Å². The highest BCUT2D eigenvalue weighted by atomic mass is 32.2. The number of rotatable bonds is 4. The van der Waals surface area contributed by atoms with Crippen LogP contribution in [0, 0.1) is 34.6 Å². The van der Waals surface area contributed by atoms with Crippen LogP contribution in [0.4, 0.5) is 0 Å². The number of benzene rings is 2. The minimum Gasteiger partial charge on any atom is -0.337 e. The van der Waals surface area contributed by atoms with Crippen molar-refractivity contribution in [3.63, 3.8) is 0 Å². The summed E-state index contributed by atoms with van der Waals surface area (Å²) < 4.78 is 34.5. The highest BCUT2D eigenvalue weighted by Gasteiger charge is 2.41. The van der Waals surface area contributed by atoms with Gasteiger partial charge in [0.25, 0.3) is 0 Å². The third-order valence-corrected chi connectivity index (χ3v) is 8.25. The van der Waals surface area contributed by atoms with Crippen molar-refractivity contribution < 1.29 is 12.9 Å². The van der Waals surface area contributed by atoms with Gasteiger partial charge in [0.05, 0.1) is 4.90 Å². The van der Waals surface area contributed by atoms with Crippen molar-refractivity contribution in [3.8, 4) is 11.4 Å². The molecule has 0 aliphatic carbocycles. The van der Waals surface area contributed by atoms with E-state index in [1.54, 1.807) is 0 Å². The molecule has 2 aromatic carbocycles. The zero-order valence-electron chi connectivity index (χ0n) is 18.1. The van der Waals surface area contributed by atoms with Crippen molar-refractivity contribution in [2.24, 2.45) is 0 Å². The second kappa shape index (κ2) is 7.63. The van der Waals surface area contributed by atoms with Crippen molar-refractivity contribution >= 4 is 10.0 Å². The number of aromatic nitrogens is 2. The lowest BCUT2D eigenvalue weighted by atomic mass is 10.0. The van der Waals surface area contributed by atoms with Crippen LogP contribution in [-0.2, 0) is 10.0 Å². The first-order valence-corrected chi connectivity index (χ1v) is 11.6. The predicted molar refractivity (Wildman–Crippen MR) is 116 cm³/mol. The fourth-order valence-corrected chi connectivity index (χ4v) is 6.46. The molecule has 0 spiro atoms. The van der Waals surface area contributed by atoms with Crippen LogP contribution >= 0.6 is 0 Å². The standard InChI is InChI=1S/C23H27N3O3S/c1-14-8-6-9-19(12-14)22-24-23(29-25-22)20-10-7-11-26(20)30(27,28)21-17(4)15(2)13-16(3)18(21)5/h6,8-9,12-13,20H,7,10-11H2,1-5H3/t20-/m1/s1. The van der Waals surface area contributed by atoms with E-state index in [0.29, 0.717) is 29.6 Å². The van der Waals surface area contributed by atoms with Crippen molar-refractivity contribution in [2.75, 3.05) is 6.54 Å². The number of aryl methyl sites for hydroxylation is 3. The van der Waals surface area contributed by atoms with E-state index in [2.05, 4.69) is 10.1 Å². The van der Waals surface area contributed by atoms with Gasteiger partial charge in [-0.15, -0.1) is 0 Å². The van der Waals surface area contributed by atoms with Gasteiger partial charge in [0.15, 0.2) is 0 Å². The Labute approximate surface area is 178 Å². The van der Waals surface area contributed by atoms with E-state index in [1.165, 1.54) is 4.31 Å². The van der Waals surface area contributed by atoms with Crippen molar-refractivity contribution in [1.82, 2.24) is 14.4 Å². The fraction of sp³-hybridized carbons (Fsp3) is 0.391. The number of hydrogen-bond donors (Lipinski definition) is 0. The van der Waals surface area contributed by atoms with Gasteiger partial charge in [0, 0.05) is 12.1 Å². The fourth-order valence-electron chi connectivity index (χ4n) is 4.23. The van der Waals surface area contributed by atoms with Gasteiger partial charge in [-0.3, -0.25) is 0 Å². The zero-order chi connectivity index (χ0) is 21.6. The zero-order valence-corrected chi connectivity index (χ0v) is 18.9. The second-order valence-electron chi connectivity index (χ2n) is 8.19. The summed E-state index contributed by atoms with van der Waals surface area (Å²) in [7, 11) is -3.70. The molecule has 0 amide bonds. The minimum absolute atomic E-state index is 0.354. The molecular weight excluding hydrogens is 398 g/mol. The van der Waals surface area contributed by atoms with Gasteiger partial charge in [-0.2, -0.15) is 9.29 Å². The minimum atomic E-state index is -3.70. The maximum absolute atomic E-state index is 13.7. The van der Waals surface area contributed by atoms with Crippen LogP contribution in [0.5, 0.6) is 0 Å². The Morgan fingerprint density at radius 3 is 2.40 bits per heavy atom. The molecule has 1 atom stereocenters. The molecule has 30 heavy (non-hydrogen) atoms. The van der Waals surface area contributed by atoms with Gasteiger partial charge in [-0.25, -0.2) is 8.42 Å². The summed E-state index contributed by atoms with van der Waals surface area (Å²) in [6.07, 6.45) is 1.42. The molecule has 1 aromatic heterocycles. The second-order valence-corrected chi connectivity index (χ2v) is 10.0. The van der Waals surface area contributed by atoms with E-state index in [0.717, 1.165) is 39.8 Å². The summed E-state index contributed by atoms with van der Waals surface area (Å²) in [4.78, 5) is 4.96. The molecule has 158 valence electrons. The average Bonchev–Trinajstić information content (AvgIpc) is 3.36. The molecule has 7 heteroatoms. The highest BCUT2D eigenvalue weighted by molar-refractivity contribution is 7.89. The van der Waals surface area contributed by atoms with Gasteiger partial charge in [0.1, 0.15) is 6.04 Å². The largest absolute Gasteiger partial charge is 0.337 e. The van der Waals surface area contributed by atoms with E-state index in [9.17, 15) is 8.42 Å². The summed E-state index contributed by atoms with van der Waals surface area (Å²) in [6.45, 7) is 10.1. The molecule has 1 fully saturated rings. The molecule has 0 radical (unpaired) electrons. The third kappa shape index (κ3) is 3.46. The summed E-state index contributed by atoms with van der Waals surface area (Å²) in [5.41, 5.74) is 5.52. The molecular formula is C23H27N3O3S. The Hall–Kier alpha value is -2.51. The van der Waals surface area contributed by atoms with Gasteiger partial charge in [0.2, 0.25) is 21.7 Å². The Bertz CT molecular complexity index is 1190. The summed E-state index contributed by atoms with van der Waals surface area (Å²) in [5.74, 6) is 0.837. The monoisotopic (exact) mass is 425 g/mol. The molecule has 0 N–H and O–H groups in total. The first-order chi connectivity index (χ1) is 14.2. The molecule has 4 rings (SSSR count). The smallest absolute Gasteiger partial charge is 0.245 e. The maximum Gasteiger partial charge on any atom is 0.245 e. The van der Waals surface area contributed by atoms with Crippen LogP contribution in [-0.4, -0.2) is 29.4 Å². The third-order valence-electron chi connectivity index (χ3n) is 6.07. The number of sulfonamides is 1. The Balaban J connectivity index is 1.73. The number of nitrogens with zero attached hydrogens (tertiary/aromatic N) is 3. The first kappa shape index (κ1) is 20.8. The van der Waals surface area contributed by atoms with E-state index < -0.39 is 16.1 Å². The van der Waals surface area contributed by atoms with E-state index in [4.69, 9.17) is 4.52 Å². The lowest BCUT2D eigenvalue weighted by molar-refractivity contribution is 0.290. The number of hydrogen-bond acceptors (Lipinski definition) is 5. The van der Waals surface area contributed by atoms with Crippen molar-refractivity contribution in [3.05, 3.63) is 64.0 Å². The molecule has 1 saturated heterocycles. The molecule has 6 nitrogen and oxygen atoms in total. The first-order valence-electron chi connectivity index (χ1n) is 10.2. The molecule has 0 saturated carbocycles. The van der Waals surface area contributed by atoms with E-state index >= 15 is 0 Å². The molecule has 2 heterocycles. The Kier molecular flexibility index (Phi) is 5.28. The summed E-state index contributed by atoms with van der Waals surface area (Å²) in [5, 5.41) is 4.12. The van der Waals surface area contributed by atoms with Crippen LogP contribution in [0.1, 0.15) is 52.6 Å².